The predicted octanol–water partition coefficient (Wildman–Crippen LogP) is 2.21. The minimum absolute atomic E-state index is 0.00804. The van der Waals surface area contributed by atoms with E-state index in [0.717, 1.165) is 38.1 Å². The van der Waals surface area contributed by atoms with Gasteiger partial charge in [0.15, 0.2) is 0 Å². The zero-order valence-electron chi connectivity index (χ0n) is 13.3. The maximum absolute atomic E-state index is 12.1. The van der Waals surface area contributed by atoms with E-state index in [1.807, 2.05) is 0 Å². The number of ether oxygens (including phenoxy) is 1. The fraction of sp³-hybridized carbons (Fsp3) is 0.500. The summed E-state index contributed by atoms with van der Waals surface area (Å²) in [5, 5.41) is 0. The summed E-state index contributed by atoms with van der Waals surface area (Å²) in [6.07, 6.45) is -2.77. The number of alkyl halides is 3. The Morgan fingerprint density at radius 3 is 2.29 bits per heavy atom. The van der Waals surface area contributed by atoms with Gasteiger partial charge in [-0.2, -0.15) is 0 Å². The molecule has 2 rings (SSSR count). The van der Waals surface area contributed by atoms with E-state index in [2.05, 4.69) is 4.74 Å². The van der Waals surface area contributed by atoms with Crippen molar-refractivity contribution in [2.75, 3.05) is 26.7 Å². The van der Waals surface area contributed by atoms with Gasteiger partial charge < -0.3 is 14.5 Å². The summed E-state index contributed by atoms with van der Waals surface area (Å²) in [6, 6.07) is 5.11. The maximum atomic E-state index is 12.1. The van der Waals surface area contributed by atoms with Gasteiger partial charge in [0.25, 0.3) is 0 Å². The fourth-order valence-electron chi connectivity index (χ4n) is 2.48. The van der Waals surface area contributed by atoms with Crippen LogP contribution in [0, 0.1) is 0 Å². The molecule has 0 aromatic heterocycles. The quantitative estimate of drug-likeness (QED) is 0.823. The van der Waals surface area contributed by atoms with E-state index in [1.165, 1.54) is 24.1 Å². The molecule has 1 heterocycles. The van der Waals surface area contributed by atoms with Crippen molar-refractivity contribution in [3.8, 4) is 5.75 Å². The summed E-state index contributed by atoms with van der Waals surface area (Å²) in [5.74, 6) is -0.694. The van der Waals surface area contributed by atoms with E-state index >= 15 is 0 Å². The van der Waals surface area contributed by atoms with Crippen molar-refractivity contribution < 1.29 is 27.5 Å². The number of likely N-dealkylation sites (tertiary alicyclic amines) is 1. The lowest BCUT2D eigenvalue weighted by Crippen LogP contribution is -2.40. The van der Waals surface area contributed by atoms with Gasteiger partial charge in [-0.1, -0.05) is 12.1 Å². The van der Waals surface area contributed by atoms with Gasteiger partial charge in [-0.25, -0.2) is 0 Å². The Bertz CT molecular complexity index is 581. The Morgan fingerprint density at radius 2 is 1.75 bits per heavy atom. The summed E-state index contributed by atoms with van der Waals surface area (Å²) in [7, 11) is 1.54. The smallest absolute Gasteiger partial charge is 0.406 e. The van der Waals surface area contributed by atoms with Gasteiger partial charge in [0.2, 0.25) is 11.8 Å². The first-order valence-corrected chi connectivity index (χ1v) is 7.61. The van der Waals surface area contributed by atoms with Gasteiger partial charge in [-0.15, -0.1) is 13.2 Å². The molecular formula is C16H19F3N2O3. The number of benzene rings is 1. The van der Waals surface area contributed by atoms with Crippen LogP contribution in [-0.4, -0.2) is 54.7 Å². The van der Waals surface area contributed by atoms with Gasteiger partial charge in [-0.3, -0.25) is 9.59 Å². The van der Waals surface area contributed by atoms with Crippen molar-refractivity contribution in [3.05, 3.63) is 29.8 Å². The first-order chi connectivity index (χ1) is 11.2. The Morgan fingerprint density at radius 1 is 1.17 bits per heavy atom. The molecule has 5 nitrogen and oxygen atoms in total. The molecule has 8 heteroatoms. The maximum Gasteiger partial charge on any atom is 0.573 e. The van der Waals surface area contributed by atoms with Crippen LogP contribution in [0.2, 0.25) is 0 Å². The lowest BCUT2D eigenvalue weighted by Gasteiger charge is -2.21. The van der Waals surface area contributed by atoms with Gasteiger partial charge >= 0.3 is 6.36 Å². The van der Waals surface area contributed by atoms with Gasteiger partial charge in [0.05, 0.1) is 13.0 Å². The number of nitrogens with zero attached hydrogens (tertiary/aromatic N) is 2. The molecule has 0 saturated carbocycles. The molecule has 0 bridgehead atoms. The molecule has 1 aromatic carbocycles. The molecule has 0 spiro atoms. The number of halogens is 3. The molecule has 24 heavy (non-hydrogen) atoms. The van der Waals surface area contributed by atoms with E-state index in [1.54, 1.807) is 4.90 Å². The largest absolute Gasteiger partial charge is 0.573 e. The second kappa shape index (κ2) is 7.55. The predicted molar refractivity (Wildman–Crippen MR) is 80.3 cm³/mol. The van der Waals surface area contributed by atoms with Crippen LogP contribution in [-0.2, 0) is 16.0 Å². The van der Waals surface area contributed by atoms with Crippen LogP contribution in [0.1, 0.15) is 18.4 Å². The van der Waals surface area contributed by atoms with Crippen molar-refractivity contribution in [1.29, 1.82) is 0 Å². The average Bonchev–Trinajstić information content (AvgIpc) is 3.02. The third kappa shape index (κ3) is 5.43. The standard InChI is InChI=1S/C16H19F3N2O3/c1-20(11-15(23)21-8-2-3-9-21)14(22)10-12-4-6-13(7-5-12)24-16(17,18)19/h4-7H,2-3,8-11H2,1H3. The van der Waals surface area contributed by atoms with E-state index in [-0.39, 0.29) is 30.5 Å². The molecule has 1 fully saturated rings. The molecule has 1 aliphatic rings. The zero-order chi connectivity index (χ0) is 17.7. The molecule has 132 valence electrons. The first-order valence-electron chi connectivity index (χ1n) is 7.61. The third-order valence-corrected chi connectivity index (χ3v) is 3.77. The van der Waals surface area contributed by atoms with Crippen LogP contribution in [0.15, 0.2) is 24.3 Å². The molecule has 1 aliphatic heterocycles. The van der Waals surface area contributed by atoms with E-state index < -0.39 is 6.36 Å². The number of hydrogen-bond acceptors (Lipinski definition) is 3. The molecule has 0 unspecified atom stereocenters. The lowest BCUT2D eigenvalue weighted by molar-refractivity contribution is -0.274. The lowest BCUT2D eigenvalue weighted by atomic mass is 10.1. The summed E-state index contributed by atoms with van der Waals surface area (Å²) >= 11 is 0. The number of rotatable bonds is 5. The Labute approximate surface area is 138 Å². The van der Waals surface area contributed by atoms with Gasteiger partial charge in [0.1, 0.15) is 5.75 Å². The Kier molecular flexibility index (Phi) is 5.69. The SMILES string of the molecule is CN(CC(=O)N1CCCC1)C(=O)Cc1ccc(OC(F)(F)F)cc1. The van der Waals surface area contributed by atoms with Crippen LogP contribution >= 0.6 is 0 Å². The van der Waals surface area contributed by atoms with Gasteiger partial charge in [0, 0.05) is 20.1 Å². The highest BCUT2D eigenvalue weighted by Crippen LogP contribution is 2.22. The van der Waals surface area contributed by atoms with Crippen molar-refractivity contribution in [2.45, 2.75) is 25.6 Å². The minimum Gasteiger partial charge on any atom is -0.406 e. The molecule has 2 amide bonds. The highest BCUT2D eigenvalue weighted by molar-refractivity contribution is 5.85. The average molecular weight is 344 g/mol. The Hall–Kier alpha value is -2.25. The number of hydrogen-bond donors (Lipinski definition) is 0. The highest BCUT2D eigenvalue weighted by Gasteiger charge is 2.31. The summed E-state index contributed by atoms with van der Waals surface area (Å²) < 4.78 is 40.0. The Balaban J connectivity index is 1.85. The van der Waals surface area contributed by atoms with Crippen LogP contribution < -0.4 is 4.74 Å². The molecule has 0 aliphatic carbocycles. The molecular weight excluding hydrogens is 325 g/mol. The number of carbonyl (C=O) groups is 2. The third-order valence-electron chi connectivity index (χ3n) is 3.77. The van der Waals surface area contributed by atoms with E-state index in [0.29, 0.717) is 5.56 Å². The van der Waals surface area contributed by atoms with E-state index in [4.69, 9.17) is 0 Å². The molecule has 1 saturated heterocycles. The molecule has 1 aromatic rings. The normalized spacial score (nSPS) is 14.6. The summed E-state index contributed by atoms with van der Waals surface area (Å²) in [6.45, 7) is 1.46. The van der Waals surface area contributed by atoms with Crippen molar-refractivity contribution in [2.24, 2.45) is 0 Å². The van der Waals surface area contributed by atoms with Gasteiger partial charge in [-0.05, 0) is 30.5 Å². The highest BCUT2D eigenvalue weighted by atomic mass is 19.4. The van der Waals surface area contributed by atoms with Crippen molar-refractivity contribution >= 4 is 11.8 Å². The summed E-state index contributed by atoms with van der Waals surface area (Å²) in [4.78, 5) is 27.2. The monoisotopic (exact) mass is 344 g/mol. The molecule has 0 atom stereocenters. The number of carbonyl (C=O) groups excluding carboxylic acids is 2. The second-order valence-electron chi connectivity index (χ2n) is 5.71. The van der Waals surface area contributed by atoms with Crippen molar-refractivity contribution in [1.82, 2.24) is 9.80 Å². The fourth-order valence-corrected chi connectivity index (χ4v) is 2.48. The molecule has 0 N–H and O–H groups in total. The second-order valence-corrected chi connectivity index (χ2v) is 5.71. The number of amides is 2. The van der Waals surface area contributed by atoms with Crippen LogP contribution in [0.4, 0.5) is 13.2 Å². The molecule has 0 radical (unpaired) electrons. The van der Waals surface area contributed by atoms with Crippen molar-refractivity contribution in [3.63, 3.8) is 0 Å². The first kappa shape index (κ1) is 18.1. The van der Waals surface area contributed by atoms with Crippen LogP contribution in [0.25, 0.3) is 0 Å². The van der Waals surface area contributed by atoms with E-state index in [9.17, 15) is 22.8 Å². The summed E-state index contributed by atoms with van der Waals surface area (Å²) in [5.41, 5.74) is 0.551. The minimum atomic E-state index is -4.74. The number of likely N-dealkylation sites (N-methyl/N-ethyl adjacent to an activating group) is 1. The zero-order valence-corrected chi connectivity index (χ0v) is 13.3. The van der Waals surface area contributed by atoms with Crippen LogP contribution in [0.5, 0.6) is 5.75 Å². The topological polar surface area (TPSA) is 49.9 Å². The van der Waals surface area contributed by atoms with Crippen LogP contribution in [0.3, 0.4) is 0 Å².